The molecule has 0 bridgehead atoms. The zero-order chi connectivity index (χ0) is 20.2. The SMILES string of the molecule is CNCC1CCCN(C(=O)C2CCN(C(=O)c3cccc4ccccc34)CC2)C1.Cl. The van der Waals surface area contributed by atoms with Gasteiger partial charge in [-0.15, -0.1) is 12.4 Å². The number of hydrogen-bond donors (Lipinski definition) is 1. The zero-order valence-corrected chi connectivity index (χ0v) is 18.5. The summed E-state index contributed by atoms with van der Waals surface area (Å²) in [5.41, 5.74) is 0.763. The Hall–Kier alpha value is -2.11. The van der Waals surface area contributed by atoms with Gasteiger partial charge in [0.05, 0.1) is 0 Å². The van der Waals surface area contributed by atoms with Crippen molar-refractivity contribution in [2.75, 3.05) is 39.8 Å². The second-order valence-corrected chi connectivity index (χ2v) is 8.44. The fourth-order valence-electron chi connectivity index (χ4n) is 4.89. The minimum atomic E-state index is 0. The van der Waals surface area contributed by atoms with Crippen molar-refractivity contribution in [1.29, 1.82) is 0 Å². The number of fused-ring (bicyclic) bond motifs is 1. The van der Waals surface area contributed by atoms with Gasteiger partial charge in [-0.2, -0.15) is 0 Å². The van der Waals surface area contributed by atoms with Crippen LogP contribution in [0.3, 0.4) is 0 Å². The average molecular weight is 430 g/mol. The molecule has 30 heavy (non-hydrogen) atoms. The highest BCUT2D eigenvalue weighted by atomic mass is 35.5. The Morgan fingerprint density at radius 2 is 1.70 bits per heavy atom. The molecule has 2 saturated heterocycles. The van der Waals surface area contributed by atoms with E-state index in [4.69, 9.17) is 0 Å². The molecule has 6 heteroatoms. The van der Waals surface area contributed by atoms with Crippen molar-refractivity contribution >= 4 is 35.0 Å². The lowest BCUT2D eigenvalue weighted by atomic mass is 9.91. The summed E-state index contributed by atoms with van der Waals surface area (Å²) in [6, 6.07) is 13.9. The molecule has 0 aromatic heterocycles. The van der Waals surface area contributed by atoms with Crippen molar-refractivity contribution in [3.8, 4) is 0 Å². The zero-order valence-electron chi connectivity index (χ0n) is 17.7. The maximum atomic E-state index is 13.1. The van der Waals surface area contributed by atoms with E-state index in [1.54, 1.807) is 0 Å². The van der Waals surface area contributed by atoms with Gasteiger partial charge in [0.15, 0.2) is 0 Å². The number of amides is 2. The van der Waals surface area contributed by atoms with Crippen molar-refractivity contribution in [2.45, 2.75) is 25.7 Å². The number of benzene rings is 2. The maximum absolute atomic E-state index is 13.1. The molecule has 2 aromatic rings. The second kappa shape index (κ2) is 10.3. The first-order valence-corrected chi connectivity index (χ1v) is 10.9. The van der Waals surface area contributed by atoms with Gasteiger partial charge in [-0.25, -0.2) is 0 Å². The smallest absolute Gasteiger partial charge is 0.254 e. The first kappa shape index (κ1) is 22.6. The van der Waals surface area contributed by atoms with E-state index in [0.717, 1.165) is 55.2 Å². The highest BCUT2D eigenvalue weighted by Gasteiger charge is 2.32. The minimum absolute atomic E-state index is 0. The monoisotopic (exact) mass is 429 g/mol. The molecule has 1 atom stereocenters. The van der Waals surface area contributed by atoms with Gasteiger partial charge >= 0.3 is 0 Å². The topological polar surface area (TPSA) is 52.7 Å². The van der Waals surface area contributed by atoms with Gasteiger partial charge < -0.3 is 15.1 Å². The highest BCUT2D eigenvalue weighted by Crippen LogP contribution is 2.26. The lowest BCUT2D eigenvalue weighted by molar-refractivity contribution is -0.138. The van der Waals surface area contributed by atoms with Crippen LogP contribution in [0.5, 0.6) is 0 Å². The summed E-state index contributed by atoms with van der Waals surface area (Å²) in [7, 11) is 1.98. The molecule has 2 fully saturated rings. The molecule has 2 amide bonds. The number of hydrogen-bond acceptors (Lipinski definition) is 3. The Balaban J connectivity index is 0.00000256. The number of nitrogens with one attached hydrogen (secondary N) is 1. The second-order valence-electron chi connectivity index (χ2n) is 8.44. The van der Waals surface area contributed by atoms with E-state index in [1.807, 2.05) is 54.4 Å². The Morgan fingerprint density at radius 1 is 0.967 bits per heavy atom. The largest absolute Gasteiger partial charge is 0.342 e. The Morgan fingerprint density at radius 3 is 2.47 bits per heavy atom. The van der Waals surface area contributed by atoms with Gasteiger partial charge in [0.2, 0.25) is 5.91 Å². The van der Waals surface area contributed by atoms with Crippen LogP contribution in [0.15, 0.2) is 42.5 Å². The van der Waals surface area contributed by atoms with Crippen LogP contribution in [-0.4, -0.2) is 61.4 Å². The molecule has 1 unspecified atom stereocenters. The molecule has 2 aliphatic heterocycles. The fourth-order valence-corrected chi connectivity index (χ4v) is 4.89. The quantitative estimate of drug-likeness (QED) is 0.808. The predicted octanol–water partition coefficient (Wildman–Crippen LogP) is 3.57. The van der Waals surface area contributed by atoms with Crippen LogP contribution < -0.4 is 5.32 Å². The van der Waals surface area contributed by atoms with Crippen LogP contribution >= 0.6 is 12.4 Å². The van der Waals surface area contributed by atoms with E-state index in [0.29, 0.717) is 24.9 Å². The van der Waals surface area contributed by atoms with E-state index in [9.17, 15) is 9.59 Å². The highest BCUT2D eigenvalue weighted by molar-refractivity contribution is 6.07. The number of nitrogens with zero attached hydrogens (tertiary/aromatic N) is 2. The number of carbonyl (C=O) groups excluding carboxylic acids is 2. The predicted molar refractivity (Wildman–Crippen MR) is 123 cm³/mol. The standard InChI is InChI=1S/C24H31N3O2.ClH/c1-25-16-18-6-5-13-27(17-18)23(28)20-11-14-26(15-12-20)24(29)22-10-4-8-19-7-2-3-9-21(19)22;/h2-4,7-10,18,20,25H,5-6,11-17H2,1H3;1H. The number of piperidine rings is 2. The van der Waals surface area contributed by atoms with Gasteiger partial charge in [0.25, 0.3) is 5.91 Å². The summed E-state index contributed by atoms with van der Waals surface area (Å²) in [5, 5.41) is 5.33. The molecule has 0 radical (unpaired) electrons. The molecule has 0 aliphatic carbocycles. The third-order valence-electron chi connectivity index (χ3n) is 6.47. The van der Waals surface area contributed by atoms with Crippen LogP contribution in [0.1, 0.15) is 36.0 Å². The molecule has 1 N–H and O–H groups in total. The average Bonchev–Trinajstić information content (AvgIpc) is 2.78. The van der Waals surface area contributed by atoms with E-state index in [1.165, 1.54) is 6.42 Å². The van der Waals surface area contributed by atoms with Crippen molar-refractivity contribution in [3.05, 3.63) is 48.0 Å². The third kappa shape index (κ3) is 4.79. The molecular formula is C24H32ClN3O2. The molecule has 2 aliphatic rings. The maximum Gasteiger partial charge on any atom is 0.254 e. The van der Waals surface area contributed by atoms with Crippen LogP contribution in [0.25, 0.3) is 10.8 Å². The Labute approximate surface area is 185 Å². The Kier molecular flexibility index (Phi) is 7.73. The van der Waals surface area contributed by atoms with Crippen LogP contribution in [0, 0.1) is 11.8 Å². The summed E-state index contributed by atoms with van der Waals surface area (Å²) in [5.74, 6) is 0.994. The third-order valence-corrected chi connectivity index (χ3v) is 6.47. The normalized spacial score (nSPS) is 20.1. The molecule has 5 nitrogen and oxygen atoms in total. The van der Waals surface area contributed by atoms with Gasteiger partial charge in [-0.1, -0.05) is 36.4 Å². The van der Waals surface area contributed by atoms with Crippen molar-refractivity contribution in [3.63, 3.8) is 0 Å². The van der Waals surface area contributed by atoms with Gasteiger partial charge in [-0.05, 0) is 62.0 Å². The summed E-state index contributed by atoms with van der Waals surface area (Å²) >= 11 is 0. The fraction of sp³-hybridized carbons (Fsp3) is 0.500. The van der Waals surface area contributed by atoms with Crippen LogP contribution in [0.4, 0.5) is 0 Å². The van der Waals surface area contributed by atoms with Crippen molar-refractivity contribution in [1.82, 2.24) is 15.1 Å². The van der Waals surface area contributed by atoms with Crippen molar-refractivity contribution < 1.29 is 9.59 Å². The van der Waals surface area contributed by atoms with Gasteiger partial charge in [0, 0.05) is 37.7 Å². The summed E-state index contributed by atoms with van der Waals surface area (Å²) < 4.78 is 0. The molecular weight excluding hydrogens is 398 g/mol. The molecule has 0 spiro atoms. The lowest BCUT2D eigenvalue weighted by Gasteiger charge is -2.38. The van der Waals surface area contributed by atoms with E-state index >= 15 is 0 Å². The summed E-state index contributed by atoms with van der Waals surface area (Å²) in [4.78, 5) is 30.1. The molecule has 162 valence electrons. The lowest BCUT2D eigenvalue weighted by Crippen LogP contribution is -2.48. The number of halogens is 1. The van der Waals surface area contributed by atoms with Gasteiger partial charge in [0.1, 0.15) is 0 Å². The van der Waals surface area contributed by atoms with Gasteiger partial charge in [-0.3, -0.25) is 9.59 Å². The van der Waals surface area contributed by atoms with E-state index < -0.39 is 0 Å². The minimum Gasteiger partial charge on any atom is -0.342 e. The molecule has 4 rings (SSSR count). The van der Waals surface area contributed by atoms with Crippen LogP contribution in [-0.2, 0) is 4.79 Å². The Bertz CT molecular complexity index is 872. The van der Waals surface area contributed by atoms with Crippen LogP contribution in [0.2, 0.25) is 0 Å². The molecule has 0 saturated carbocycles. The number of carbonyl (C=O) groups is 2. The van der Waals surface area contributed by atoms with Crippen molar-refractivity contribution in [2.24, 2.45) is 11.8 Å². The molecule has 2 heterocycles. The summed E-state index contributed by atoms with van der Waals surface area (Å²) in [6.07, 6.45) is 3.82. The van der Waals surface area contributed by atoms with E-state index in [-0.39, 0.29) is 24.2 Å². The number of likely N-dealkylation sites (tertiary alicyclic amines) is 2. The number of rotatable bonds is 4. The summed E-state index contributed by atoms with van der Waals surface area (Å²) in [6.45, 7) is 4.04. The first-order valence-electron chi connectivity index (χ1n) is 10.9. The molecule has 2 aromatic carbocycles. The first-order chi connectivity index (χ1) is 14.2. The van der Waals surface area contributed by atoms with E-state index in [2.05, 4.69) is 10.2 Å².